The molecule has 0 aromatic carbocycles. The molecule has 5 heteroatoms. The Balaban J connectivity index is 2.17. The minimum Gasteiger partial charge on any atom is -0.340 e. The summed E-state index contributed by atoms with van der Waals surface area (Å²) in [6.45, 7) is 3.05. The van der Waals surface area contributed by atoms with Gasteiger partial charge in [-0.05, 0) is 6.42 Å². The van der Waals surface area contributed by atoms with Crippen molar-refractivity contribution in [2.24, 2.45) is 12.8 Å². The fraction of sp³-hybridized carbons (Fsp3) is 0.455. The minimum atomic E-state index is -0.188. The fourth-order valence-electron chi connectivity index (χ4n) is 1.66. The second-order valence-corrected chi connectivity index (χ2v) is 3.98. The zero-order chi connectivity index (χ0) is 11.5. The van der Waals surface area contributed by atoms with Crippen molar-refractivity contribution in [3.05, 3.63) is 36.2 Å². The largest absolute Gasteiger partial charge is 0.340 e. The van der Waals surface area contributed by atoms with Crippen LogP contribution in [0, 0.1) is 0 Å². The van der Waals surface area contributed by atoms with Crippen LogP contribution in [0.3, 0.4) is 0 Å². The van der Waals surface area contributed by atoms with Crippen molar-refractivity contribution in [2.45, 2.75) is 25.9 Å². The first kappa shape index (κ1) is 10.9. The topological polar surface area (TPSA) is 61.7 Å². The van der Waals surface area contributed by atoms with Gasteiger partial charge in [-0.25, -0.2) is 4.98 Å². The van der Waals surface area contributed by atoms with Gasteiger partial charge in [0.15, 0.2) is 0 Å². The highest BCUT2D eigenvalue weighted by molar-refractivity contribution is 5.21. The quantitative estimate of drug-likeness (QED) is 0.836. The van der Waals surface area contributed by atoms with E-state index in [-0.39, 0.29) is 6.04 Å². The van der Waals surface area contributed by atoms with E-state index >= 15 is 0 Å². The van der Waals surface area contributed by atoms with Crippen molar-refractivity contribution in [3.63, 3.8) is 0 Å². The van der Waals surface area contributed by atoms with Gasteiger partial charge in [0.1, 0.15) is 0 Å². The third-order valence-electron chi connectivity index (χ3n) is 2.51. The monoisotopic (exact) mass is 219 g/mol. The standard InChI is InChI=1S/C11H17N5/c1-3-4-16-6-9(5-14-16)11(12)10-7-15(2)8-13-10/h5-8,11H,3-4,12H2,1-2H3. The maximum atomic E-state index is 6.11. The first-order chi connectivity index (χ1) is 7.70. The first-order valence-corrected chi connectivity index (χ1v) is 5.46. The summed E-state index contributed by atoms with van der Waals surface area (Å²) in [5, 5.41) is 4.26. The highest BCUT2D eigenvalue weighted by Gasteiger charge is 2.13. The van der Waals surface area contributed by atoms with Crippen LogP contribution in [0.5, 0.6) is 0 Å². The predicted molar refractivity (Wildman–Crippen MR) is 61.8 cm³/mol. The molecule has 1 atom stereocenters. The lowest BCUT2D eigenvalue weighted by Crippen LogP contribution is -2.11. The van der Waals surface area contributed by atoms with E-state index in [1.54, 1.807) is 6.33 Å². The second kappa shape index (κ2) is 4.49. The van der Waals surface area contributed by atoms with Crippen LogP contribution in [0.25, 0.3) is 0 Å². The van der Waals surface area contributed by atoms with Crippen LogP contribution in [0.2, 0.25) is 0 Å². The van der Waals surface area contributed by atoms with Gasteiger partial charge in [0.25, 0.3) is 0 Å². The number of imidazole rings is 1. The number of nitrogens with two attached hydrogens (primary N) is 1. The van der Waals surface area contributed by atoms with E-state index in [9.17, 15) is 0 Å². The van der Waals surface area contributed by atoms with E-state index in [2.05, 4.69) is 17.0 Å². The minimum absolute atomic E-state index is 0.188. The van der Waals surface area contributed by atoms with Crippen LogP contribution in [0.4, 0.5) is 0 Å². The molecule has 0 saturated carbocycles. The summed E-state index contributed by atoms with van der Waals surface area (Å²) < 4.78 is 3.81. The fourth-order valence-corrected chi connectivity index (χ4v) is 1.66. The van der Waals surface area contributed by atoms with Crippen LogP contribution in [-0.4, -0.2) is 19.3 Å². The van der Waals surface area contributed by atoms with E-state index in [0.717, 1.165) is 24.2 Å². The molecule has 0 aliphatic heterocycles. The van der Waals surface area contributed by atoms with E-state index in [1.807, 2.05) is 34.9 Å². The highest BCUT2D eigenvalue weighted by Crippen LogP contribution is 2.16. The predicted octanol–water partition coefficient (Wildman–Crippen LogP) is 1.07. The zero-order valence-corrected chi connectivity index (χ0v) is 9.67. The Kier molecular flexibility index (Phi) is 3.05. The van der Waals surface area contributed by atoms with Gasteiger partial charge in [0.2, 0.25) is 0 Å². The van der Waals surface area contributed by atoms with Crippen LogP contribution < -0.4 is 5.73 Å². The molecule has 0 bridgehead atoms. The summed E-state index contributed by atoms with van der Waals surface area (Å²) in [6.07, 6.45) is 8.56. The summed E-state index contributed by atoms with van der Waals surface area (Å²) in [7, 11) is 1.93. The van der Waals surface area contributed by atoms with Gasteiger partial charge >= 0.3 is 0 Å². The molecule has 0 spiro atoms. The lowest BCUT2D eigenvalue weighted by Gasteiger charge is -2.04. The molecule has 2 aromatic heterocycles. The Morgan fingerprint density at radius 2 is 2.25 bits per heavy atom. The van der Waals surface area contributed by atoms with Gasteiger partial charge in [0.05, 0.1) is 24.3 Å². The van der Waals surface area contributed by atoms with Crippen LogP contribution in [0.1, 0.15) is 30.6 Å². The molecular formula is C11H17N5. The highest BCUT2D eigenvalue weighted by atomic mass is 15.3. The summed E-state index contributed by atoms with van der Waals surface area (Å²) in [4.78, 5) is 4.25. The van der Waals surface area contributed by atoms with E-state index in [1.165, 1.54) is 0 Å². The van der Waals surface area contributed by atoms with Crippen LogP contribution in [0.15, 0.2) is 24.9 Å². The van der Waals surface area contributed by atoms with Gasteiger partial charge in [-0.3, -0.25) is 4.68 Å². The average Bonchev–Trinajstić information content (AvgIpc) is 2.87. The molecular weight excluding hydrogens is 202 g/mol. The molecule has 0 aliphatic carbocycles. The van der Waals surface area contributed by atoms with Gasteiger partial charge in [-0.1, -0.05) is 6.92 Å². The molecule has 0 fully saturated rings. The van der Waals surface area contributed by atoms with Crippen molar-refractivity contribution in [1.82, 2.24) is 19.3 Å². The van der Waals surface area contributed by atoms with E-state index in [4.69, 9.17) is 5.73 Å². The maximum Gasteiger partial charge on any atom is 0.0947 e. The Bertz CT molecular complexity index is 456. The van der Waals surface area contributed by atoms with Crippen LogP contribution in [-0.2, 0) is 13.6 Å². The summed E-state index contributed by atoms with van der Waals surface area (Å²) in [5.41, 5.74) is 7.99. The molecule has 16 heavy (non-hydrogen) atoms. The third kappa shape index (κ3) is 2.14. The van der Waals surface area contributed by atoms with Crippen molar-refractivity contribution >= 4 is 0 Å². The van der Waals surface area contributed by atoms with E-state index < -0.39 is 0 Å². The Hall–Kier alpha value is -1.62. The smallest absolute Gasteiger partial charge is 0.0947 e. The molecule has 2 N–H and O–H groups in total. The number of hydrogen-bond acceptors (Lipinski definition) is 3. The van der Waals surface area contributed by atoms with Crippen molar-refractivity contribution in [2.75, 3.05) is 0 Å². The number of aryl methyl sites for hydroxylation is 2. The molecule has 0 aliphatic rings. The van der Waals surface area contributed by atoms with Crippen molar-refractivity contribution in [3.8, 4) is 0 Å². The lowest BCUT2D eigenvalue weighted by molar-refractivity contribution is 0.601. The van der Waals surface area contributed by atoms with E-state index in [0.29, 0.717) is 0 Å². The van der Waals surface area contributed by atoms with Gasteiger partial charge in [-0.2, -0.15) is 5.10 Å². The first-order valence-electron chi connectivity index (χ1n) is 5.46. The molecule has 2 rings (SSSR count). The third-order valence-corrected chi connectivity index (χ3v) is 2.51. The van der Waals surface area contributed by atoms with Gasteiger partial charge < -0.3 is 10.3 Å². The number of rotatable bonds is 4. The molecule has 0 radical (unpaired) electrons. The molecule has 86 valence electrons. The molecule has 2 heterocycles. The van der Waals surface area contributed by atoms with Crippen molar-refractivity contribution in [1.29, 1.82) is 0 Å². The van der Waals surface area contributed by atoms with Gasteiger partial charge in [-0.15, -0.1) is 0 Å². The Morgan fingerprint density at radius 3 is 2.88 bits per heavy atom. The van der Waals surface area contributed by atoms with Crippen LogP contribution >= 0.6 is 0 Å². The van der Waals surface area contributed by atoms with Gasteiger partial charge in [0, 0.05) is 31.5 Å². The molecule has 1 unspecified atom stereocenters. The Morgan fingerprint density at radius 1 is 1.44 bits per heavy atom. The summed E-state index contributed by atoms with van der Waals surface area (Å²) in [5.74, 6) is 0. The molecule has 0 saturated heterocycles. The van der Waals surface area contributed by atoms with Crippen molar-refractivity contribution < 1.29 is 0 Å². The normalized spacial score (nSPS) is 12.9. The Labute approximate surface area is 94.9 Å². The molecule has 5 nitrogen and oxygen atoms in total. The SMILES string of the molecule is CCCn1cc(C(N)c2cn(C)cn2)cn1. The second-order valence-electron chi connectivity index (χ2n) is 3.98. The summed E-state index contributed by atoms with van der Waals surface area (Å²) >= 11 is 0. The molecule has 2 aromatic rings. The number of nitrogens with zero attached hydrogens (tertiary/aromatic N) is 4. The number of aromatic nitrogens is 4. The summed E-state index contributed by atoms with van der Waals surface area (Å²) in [6, 6.07) is -0.188. The number of hydrogen-bond donors (Lipinski definition) is 1. The average molecular weight is 219 g/mol. The lowest BCUT2D eigenvalue weighted by atomic mass is 10.1. The molecule has 0 amide bonds. The zero-order valence-electron chi connectivity index (χ0n) is 9.67. The maximum absolute atomic E-state index is 6.11.